The van der Waals surface area contributed by atoms with Crippen molar-refractivity contribution in [3.05, 3.63) is 75.9 Å². The molecule has 314 valence electrons. The average Bonchev–Trinajstić information content (AvgIpc) is 3.21. The minimum absolute atomic E-state index is 0.0776. The van der Waals surface area contributed by atoms with E-state index in [-0.39, 0.29) is 25.7 Å². The Labute approximate surface area is 327 Å². The molecule has 0 aliphatic heterocycles. The zero-order chi connectivity index (χ0) is 42.2. The van der Waals surface area contributed by atoms with E-state index >= 15 is 0 Å². The number of rotatable bonds is 26. The maximum absolute atomic E-state index is 13.9. The van der Waals surface area contributed by atoms with Crippen LogP contribution in [0.1, 0.15) is 25.7 Å². The van der Waals surface area contributed by atoms with E-state index in [9.17, 15) is 33.6 Å². The smallest absolute Gasteiger partial charge is 0.332 e. The molecule has 0 aromatic rings. The van der Waals surface area contributed by atoms with E-state index < -0.39 is 131 Å². The first-order valence-corrected chi connectivity index (χ1v) is 17.0. The van der Waals surface area contributed by atoms with Gasteiger partial charge < -0.3 is 61.6 Å². The highest BCUT2D eigenvalue weighted by atomic mass is 16.7. The highest BCUT2D eigenvalue weighted by Gasteiger charge is 2.46. The summed E-state index contributed by atoms with van der Waals surface area (Å²) in [5.74, 6) is -6.62. The molecule has 0 saturated heterocycles. The third-order valence-electron chi connectivity index (χ3n) is 7.96. The van der Waals surface area contributed by atoms with Gasteiger partial charge in [0.15, 0.2) is 40.8 Å². The predicted molar refractivity (Wildman–Crippen MR) is 188 cm³/mol. The van der Waals surface area contributed by atoms with Gasteiger partial charge in [-0.3, -0.25) is 4.79 Å². The Morgan fingerprint density at radius 1 is 0.386 bits per heavy atom. The second kappa shape index (κ2) is 26.4. The molecule has 20 heteroatoms. The highest BCUT2D eigenvalue weighted by molar-refractivity contribution is 5.82. The van der Waals surface area contributed by atoms with Gasteiger partial charge in [0.25, 0.3) is 0 Å². The molecule has 0 radical (unpaired) electrons. The lowest BCUT2D eigenvalue weighted by molar-refractivity contribution is -0.241. The van der Waals surface area contributed by atoms with Crippen LogP contribution in [0.15, 0.2) is 75.9 Å². The van der Waals surface area contributed by atoms with Gasteiger partial charge in [-0.2, -0.15) is 0 Å². The van der Waals surface area contributed by atoms with Crippen molar-refractivity contribution in [1.82, 2.24) is 0 Å². The Balaban J connectivity index is 2.38. The van der Waals surface area contributed by atoms with Gasteiger partial charge in [0, 0.05) is 49.3 Å². The van der Waals surface area contributed by atoms with Gasteiger partial charge in [-0.1, -0.05) is 39.5 Å². The molecule has 0 N–H and O–H groups in total. The molecule has 57 heavy (non-hydrogen) atoms. The largest absolute Gasteiger partial charge is 0.462 e. The number of carbonyl (C=O) groups excluding carboxylic acids is 7. The van der Waals surface area contributed by atoms with Crippen LogP contribution < -0.4 is 0 Å². The molecule has 0 bridgehead atoms. The first kappa shape index (κ1) is 47.6. The van der Waals surface area contributed by atoms with Crippen LogP contribution in [0.3, 0.4) is 0 Å². The Bertz CT molecular complexity index is 1380. The lowest BCUT2D eigenvalue weighted by atomic mass is 9.82. The van der Waals surface area contributed by atoms with E-state index in [1.807, 2.05) is 0 Å². The lowest BCUT2D eigenvalue weighted by Crippen LogP contribution is -2.53. The van der Waals surface area contributed by atoms with Crippen LogP contribution in [0.4, 0.5) is 0 Å². The molecule has 0 spiro atoms. The van der Waals surface area contributed by atoms with Gasteiger partial charge in [0.2, 0.25) is 0 Å². The van der Waals surface area contributed by atoms with E-state index in [4.69, 9.17) is 61.6 Å². The maximum Gasteiger partial charge on any atom is 0.332 e. The van der Waals surface area contributed by atoms with E-state index in [1.165, 1.54) is 0 Å². The minimum atomic E-state index is -1.09. The van der Waals surface area contributed by atoms with Crippen molar-refractivity contribution in [2.45, 2.75) is 68.4 Å². The second-order valence-corrected chi connectivity index (χ2v) is 11.5. The summed E-state index contributed by atoms with van der Waals surface area (Å²) in [7, 11) is 0. The SMILES string of the molecule is C=CC(=O)OCOC1CC(OC(=O)C2CC(OCOC(=O)C=C)C(OCOC(=O)C=C)C(OCOC(=O)C=C)C2)CC(OCOC(=O)C=C)C1OCOC(=O)C=C. The molecule has 2 rings (SSSR count). The Morgan fingerprint density at radius 2 is 0.632 bits per heavy atom. The molecule has 0 amide bonds. The quantitative estimate of drug-likeness (QED) is 0.0521. The first-order chi connectivity index (χ1) is 27.4. The van der Waals surface area contributed by atoms with Gasteiger partial charge in [0.1, 0.15) is 18.3 Å². The van der Waals surface area contributed by atoms with Crippen molar-refractivity contribution in [3.8, 4) is 0 Å². The normalized spacial score (nSPS) is 23.9. The van der Waals surface area contributed by atoms with Crippen molar-refractivity contribution in [2.24, 2.45) is 5.92 Å². The minimum Gasteiger partial charge on any atom is -0.462 e. The highest BCUT2D eigenvalue weighted by Crippen LogP contribution is 2.35. The molecular formula is C37H46O20. The van der Waals surface area contributed by atoms with Crippen LogP contribution >= 0.6 is 0 Å². The van der Waals surface area contributed by atoms with Crippen molar-refractivity contribution >= 4 is 41.8 Å². The van der Waals surface area contributed by atoms with Gasteiger partial charge in [0.05, 0.1) is 30.3 Å². The van der Waals surface area contributed by atoms with Crippen LogP contribution in [0.25, 0.3) is 0 Å². The number of hydrogen-bond acceptors (Lipinski definition) is 20. The summed E-state index contributed by atoms with van der Waals surface area (Å²) in [5, 5.41) is 0. The van der Waals surface area contributed by atoms with Crippen LogP contribution in [0.2, 0.25) is 0 Å². The summed E-state index contributed by atoms with van der Waals surface area (Å²) in [6.07, 6.45) is -2.34. The molecule has 4 atom stereocenters. The van der Waals surface area contributed by atoms with E-state index in [1.54, 1.807) is 0 Å². The molecule has 2 aliphatic rings. The summed E-state index contributed by atoms with van der Waals surface area (Å²) < 4.78 is 70.3. The molecule has 4 unspecified atom stereocenters. The van der Waals surface area contributed by atoms with Crippen molar-refractivity contribution < 1.29 is 95.1 Å². The van der Waals surface area contributed by atoms with Gasteiger partial charge in [-0.25, -0.2) is 28.8 Å². The topological polar surface area (TPSA) is 239 Å². The summed E-state index contributed by atoms with van der Waals surface area (Å²) in [6.45, 7) is 16.3. The predicted octanol–water partition coefficient (Wildman–Crippen LogP) is 1.53. The lowest BCUT2D eigenvalue weighted by Gasteiger charge is -2.42. The van der Waals surface area contributed by atoms with Crippen LogP contribution in [-0.2, 0) is 95.1 Å². The van der Waals surface area contributed by atoms with Gasteiger partial charge in [-0.15, -0.1) is 0 Å². The second-order valence-electron chi connectivity index (χ2n) is 11.5. The molecular weight excluding hydrogens is 764 g/mol. The van der Waals surface area contributed by atoms with E-state index in [2.05, 4.69) is 39.5 Å². The Hall–Kier alpha value is -5.51. The van der Waals surface area contributed by atoms with Crippen LogP contribution in [0.5, 0.6) is 0 Å². The Morgan fingerprint density at radius 3 is 0.895 bits per heavy atom. The van der Waals surface area contributed by atoms with Crippen molar-refractivity contribution in [2.75, 3.05) is 40.8 Å². The fourth-order valence-corrected chi connectivity index (χ4v) is 5.33. The fourth-order valence-electron chi connectivity index (χ4n) is 5.33. The third kappa shape index (κ3) is 17.4. The average molecular weight is 811 g/mol. The molecule has 0 aromatic heterocycles. The number of hydrogen-bond donors (Lipinski definition) is 0. The molecule has 0 heterocycles. The maximum atomic E-state index is 13.9. The van der Waals surface area contributed by atoms with Crippen LogP contribution in [0, 0.1) is 5.92 Å². The summed E-state index contributed by atoms with van der Waals surface area (Å²) >= 11 is 0. The van der Waals surface area contributed by atoms with Crippen LogP contribution in [-0.4, -0.2) is 125 Å². The zero-order valence-corrected chi connectivity index (χ0v) is 31.1. The van der Waals surface area contributed by atoms with E-state index in [0.717, 1.165) is 36.5 Å². The van der Waals surface area contributed by atoms with Gasteiger partial charge >= 0.3 is 41.8 Å². The number of carbonyl (C=O) groups is 7. The summed E-state index contributed by atoms with van der Waals surface area (Å²) in [5.41, 5.74) is 0. The summed E-state index contributed by atoms with van der Waals surface area (Å²) in [6, 6.07) is 0. The fraction of sp³-hybridized carbons (Fsp3) is 0.486. The first-order valence-electron chi connectivity index (χ1n) is 17.0. The van der Waals surface area contributed by atoms with Crippen molar-refractivity contribution in [3.63, 3.8) is 0 Å². The van der Waals surface area contributed by atoms with Crippen molar-refractivity contribution in [1.29, 1.82) is 0 Å². The molecule has 2 fully saturated rings. The standard InChI is InChI=1S/C37H46O20/c1-7-29(38)49-17-45-25-13-23(14-26(46-18-50-30(39)8-2)35(25)55-21-53-33(42)11-5)37(44)57-24-15-27(47-19-51-31(40)9-3)36(56-22-54-34(43)12-6)28(16-24)48-20-52-32(41)10-4/h7-12,23-28,35-36H,1-6,13-22H2. The summed E-state index contributed by atoms with van der Waals surface area (Å²) in [4.78, 5) is 84.2. The Kier molecular flexibility index (Phi) is 22.0. The third-order valence-corrected chi connectivity index (χ3v) is 7.96. The molecule has 20 nitrogen and oxygen atoms in total. The monoisotopic (exact) mass is 810 g/mol. The van der Waals surface area contributed by atoms with E-state index in [0.29, 0.717) is 0 Å². The molecule has 2 saturated carbocycles. The zero-order valence-electron chi connectivity index (χ0n) is 31.1. The van der Waals surface area contributed by atoms with Gasteiger partial charge in [-0.05, 0) is 12.8 Å². The molecule has 2 aliphatic carbocycles. The number of esters is 7. The molecule has 0 aromatic carbocycles. The number of ether oxygens (including phenoxy) is 13.